The summed E-state index contributed by atoms with van der Waals surface area (Å²) in [6.45, 7) is 0.110. The largest absolute Gasteiger partial charge is 0.416 e. The highest BCUT2D eigenvalue weighted by Crippen LogP contribution is 2.33. The van der Waals surface area contributed by atoms with Gasteiger partial charge in [-0.3, -0.25) is 0 Å². The van der Waals surface area contributed by atoms with Crippen molar-refractivity contribution >= 4 is 5.82 Å². The fourth-order valence-corrected chi connectivity index (χ4v) is 2.61. The summed E-state index contributed by atoms with van der Waals surface area (Å²) in [5, 5.41) is 12.0. The number of hydrogen-bond donors (Lipinski definition) is 2. The highest BCUT2D eigenvalue weighted by Gasteiger charge is 2.31. The van der Waals surface area contributed by atoms with Gasteiger partial charge >= 0.3 is 6.18 Å². The highest BCUT2D eigenvalue weighted by molar-refractivity contribution is 5.39. The van der Waals surface area contributed by atoms with Crippen molar-refractivity contribution in [1.82, 2.24) is 4.98 Å². The van der Waals surface area contributed by atoms with Crippen LogP contribution in [0, 0.1) is 5.92 Å². The predicted molar refractivity (Wildman–Crippen MR) is 65.7 cm³/mol. The maximum Gasteiger partial charge on any atom is 0.416 e. The first-order valence-corrected chi connectivity index (χ1v) is 6.41. The zero-order chi connectivity index (χ0) is 13.9. The Bertz CT molecular complexity index is 423. The van der Waals surface area contributed by atoms with Gasteiger partial charge < -0.3 is 10.4 Å². The van der Waals surface area contributed by atoms with Crippen molar-refractivity contribution in [2.45, 2.75) is 37.9 Å². The maximum absolute atomic E-state index is 12.6. The molecule has 0 bridgehead atoms. The summed E-state index contributed by atoms with van der Waals surface area (Å²) in [6.07, 6.45) is 0.429. The quantitative estimate of drug-likeness (QED) is 0.887. The average molecular weight is 274 g/mol. The van der Waals surface area contributed by atoms with E-state index in [1.54, 1.807) is 0 Å². The molecule has 2 rings (SSSR count). The molecule has 1 aliphatic rings. The van der Waals surface area contributed by atoms with E-state index in [4.69, 9.17) is 5.11 Å². The Morgan fingerprint density at radius 2 is 2.16 bits per heavy atom. The van der Waals surface area contributed by atoms with Crippen LogP contribution in [0.1, 0.15) is 31.2 Å². The third-order valence-electron chi connectivity index (χ3n) is 3.58. The molecule has 106 valence electrons. The molecular weight excluding hydrogens is 257 g/mol. The number of rotatable bonds is 4. The fraction of sp³-hybridized carbons (Fsp3) is 0.615. The molecule has 0 spiro atoms. The van der Waals surface area contributed by atoms with Gasteiger partial charge in [-0.05, 0) is 37.3 Å². The van der Waals surface area contributed by atoms with Crippen LogP contribution in [0.5, 0.6) is 0 Å². The third kappa shape index (κ3) is 3.59. The third-order valence-corrected chi connectivity index (χ3v) is 3.58. The molecule has 0 aliphatic heterocycles. The normalized spacial score (nSPS) is 23.6. The summed E-state index contributed by atoms with van der Waals surface area (Å²) in [7, 11) is 0. The zero-order valence-electron chi connectivity index (χ0n) is 10.5. The minimum absolute atomic E-state index is 0.100. The number of nitrogens with zero attached hydrogens (tertiary/aromatic N) is 1. The van der Waals surface area contributed by atoms with Crippen LogP contribution in [0.3, 0.4) is 0 Å². The van der Waals surface area contributed by atoms with Gasteiger partial charge in [-0.15, -0.1) is 0 Å². The molecule has 6 heteroatoms. The molecule has 1 aromatic rings. The Hall–Kier alpha value is -1.30. The van der Waals surface area contributed by atoms with Crippen molar-refractivity contribution in [2.75, 3.05) is 11.9 Å². The van der Waals surface area contributed by atoms with Crippen molar-refractivity contribution in [3.63, 3.8) is 0 Å². The molecule has 1 fully saturated rings. The molecule has 0 radical (unpaired) electrons. The summed E-state index contributed by atoms with van der Waals surface area (Å²) in [4.78, 5) is 3.94. The van der Waals surface area contributed by atoms with Crippen molar-refractivity contribution in [1.29, 1.82) is 0 Å². The van der Waals surface area contributed by atoms with E-state index in [0.717, 1.165) is 31.4 Å². The Kier molecular flexibility index (Phi) is 4.29. The van der Waals surface area contributed by atoms with E-state index in [1.807, 2.05) is 0 Å². The lowest BCUT2D eigenvalue weighted by Gasteiger charge is -2.21. The molecule has 1 saturated carbocycles. The van der Waals surface area contributed by atoms with Gasteiger partial charge in [0, 0.05) is 18.8 Å². The van der Waals surface area contributed by atoms with Gasteiger partial charge in [0.2, 0.25) is 0 Å². The summed E-state index contributed by atoms with van der Waals surface area (Å²) in [6, 6.07) is 2.10. The number of hydrogen-bond acceptors (Lipinski definition) is 3. The minimum Gasteiger partial charge on any atom is -0.396 e. The summed E-state index contributed by atoms with van der Waals surface area (Å²) >= 11 is 0. The van der Waals surface area contributed by atoms with Crippen molar-refractivity contribution in [3.8, 4) is 0 Å². The Morgan fingerprint density at radius 1 is 1.37 bits per heavy atom. The number of halogens is 3. The van der Waals surface area contributed by atoms with Crippen LogP contribution in [0.2, 0.25) is 0 Å². The molecule has 0 aromatic carbocycles. The second-order valence-electron chi connectivity index (χ2n) is 4.88. The number of pyridine rings is 1. The SMILES string of the molecule is OCCC1CCCC1Nc1cc(C(F)(F)F)ccn1. The first-order chi connectivity index (χ1) is 9.00. The molecule has 0 amide bonds. The molecule has 1 aromatic heterocycles. The van der Waals surface area contributed by atoms with Crippen LogP contribution in [-0.2, 0) is 6.18 Å². The van der Waals surface area contributed by atoms with Gasteiger partial charge in [-0.2, -0.15) is 13.2 Å². The van der Waals surface area contributed by atoms with Gasteiger partial charge in [-0.1, -0.05) is 6.42 Å². The molecular formula is C13H17F3N2O. The Morgan fingerprint density at radius 3 is 2.84 bits per heavy atom. The summed E-state index contributed by atoms with van der Waals surface area (Å²) in [5.41, 5.74) is -0.693. The van der Waals surface area contributed by atoms with Gasteiger partial charge in [0.05, 0.1) is 5.56 Å². The summed E-state index contributed by atoms with van der Waals surface area (Å²) < 4.78 is 37.8. The number of anilines is 1. The number of aromatic nitrogens is 1. The monoisotopic (exact) mass is 274 g/mol. The first-order valence-electron chi connectivity index (χ1n) is 6.41. The van der Waals surface area contributed by atoms with Crippen LogP contribution in [0.15, 0.2) is 18.3 Å². The van der Waals surface area contributed by atoms with Crippen LogP contribution in [0.25, 0.3) is 0 Å². The van der Waals surface area contributed by atoms with E-state index in [-0.39, 0.29) is 18.5 Å². The topological polar surface area (TPSA) is 45.1 Å². The van der Waals surface area contributed by atoms with Crippen LogP contribution < -0.4 is 5.32 Å². The molecule has 1 aliphatic carbocycles. The van der Waals surface area contributed by atoms with E-state index < -0.39 is 11.7 Å². The van der Waals surface area contributed by atoms with Crippen LogP contribution >= 0.6 is 0 Å². The van der Waals surface area contributed by atoms with Crippen molar-refractivity contribution in [2.24, 2.45) is 5.92 Å². The minimum atomic E-state index is -4.35. The fourth-order valence-electron chi connectivity index (χ4n) is 2.61. The van der Waals surface area contributed by atoms with Crippen LogP contribution in [0.4, 0.5) is 19.0 Å². The Balaban J connectivity index is 2.06. The molecule has 0 saturated heterocycles. The smallest absolute Gasteiger partial charge is 0.396 e. The highest BCUT2D eigenvalue weighted by atomic mass is 19.4. The molecule has 2 N–H and O–H groups in total. The predicted octanol–water partition coefficient (Wildman–Crippen LogP) is 3.06. The lowest BCUT2D eigenvalue weighted by atomic mass is 10.00. The second-order valence-corrected chi connectivity index (χ2v) is 4.88. The van der Waals surface area contributed by atoms with Gasteiger partial charge in [-0.25, -0.2) is 4.98 Å². The van der Waals surface area contributed by atoms with E-state index >= 15 is 0 Å². The molecule has 3 nitrogen and oxygen atoms in total. The molecule has 2 atom stereocenters. The number of aliphatic hydroxyl groups excluding tert-OH is 1. The van der Waals surface area contributed by atoms with Gasteiger partial charge in [0.1, 0.15) is 5.82 Å². The van der Waals surface area contributed by atoms with Gasteiger partial charge in [0.25, 0.3) is 0 Å². The molecule has 2 unspecified atom stereocenters. The van der Waals surface area contributed by atoms with Crippen molar-refractivity contribution in [3.05, 3.63) is 23.9 Å². The van der Waals surface area contributed by atoms with Gasteiger partial charge in [0.15, 0.2) is 0 Å². The summed E-state index contributed by atoms with van der Waals surface area (Å²) in [5.74, 6) is 0.561. The average Bonchev–Trinajstić information content (AvgIpc) is 2.77. The number of aliphatic hydroxyl groups is 1. The standard InChI is InChI=1S/C13H17F3N2O/c14-13(15,16)10-4-6-17-12(8-10)18-11-3-1-2-9(11)5-7-19/h4,6,8-9,11,19H,1-3,5,7H2,(H,17,18). The maximum atomic E-state index is 12.6. The second kappa shape index (κ2) is 5.77. The number of alkyl halides is 3. The zero-order valence-corrected chi connectivity index (χ0v) is 10.5. The van der Waals surface area contributed by atoms with Crippen molar-refractivity contribution < 1.29 is 18.3 Å². The lowest BCUT2D eigenvalue weighted by Crippen LogP contribution is -2.25. The number of nitrogens with one attached hydrogen (secondary N) is 1. The first kappa shape index (κ1) is 14.1. The van der Waals surface area contributed by atoms with E-state index in [9.17, 15) is 13.2 Å². The Labute approximate surface area is 109 Å². The molecule has 1 heterocycles. The lowest BCUT2D eigenvalue weighted by molar-refractivity contribution is -0.137. The molecule has 19 heavy (non-hydrogen) atoms. The van der Waals surface area contributed by atoms with Crippen LogP contribution in [-0.4, -0.2) is 22.7 Å². The van der Waals surface area contributed by atoms with E-state index in [2.05, 4.69) is 10.3 Å². The van der Waals surface area contributed by atoms with E-state index in [0.29, 0.717) is 12.3 Å². The van der Waals surface area contributed by atoms with E-state index in [1.165, 1.54) is 6.20 Å².